The molecular weight excluding hydrogens is 362 g/mol. The van der Waals surface area contributed by atoms with Crippen LogP contribution in [0.25, 0.3) is 10.8 Å². The van der Waals surface area contributed by atoms with Gasteiger partial charge in [-0.05, 0) is 60.4 Å². The van der Waals surface area contributed by atoms with E-state index < -0.39 is 0 Å². The van der Waals surface area contributed by atoms with Gasteiger partial charge in [0.25, 0.3) is 0 Å². The summed E-state index contributed by atoms with van der Waals surface area (Å²) in [6, 6.07) is 21.1. The number of ether oxygens (including phenoxy) is 1. The van der Waals surface area contributed by atoms with Crippen LogP contribution in [-0.2, 0) is 0 Å². The number of hydrogen-bond donors (Lipinski definition) is 1. The van der Waals surface area contributed by atoms with Gasteiger partial charge in [0, 0.05) is 24.0 Å². The van der Waals surface area contributed by atoms with Gasteiger partial charge in [-0.3, -0.25) is 9.69 Å². The third-order valence-corrected chi connectivity index (χ3v) is 6.38. The molecule has 4 nitrogen and oxygen atoms in total. The van der Waals surface area contributed by atoms with Crippen LogP contribution in [0.5, 0.6) is 11.5 Å². The normalized spacial score (nSPS) is 23.9. The molecule has 3 aromatic carbocycles. The first-order chi connectivity index (χ1) is 14.2. The Balaban J connectivity index is 1.19. The van der Waals surface area contributed by atoms with Crippen LogP contribution in [0.3, 0.4) is 0 Å². The summed E-state index contributed by atoms with van der Waals surface area (Å²) in [6.07, 6.45) is 2.36. The van der Waals surface area contributed by atoms with Crippen LogP contribution in [0.4, 0.5) is 0 Å². The average molecular weight is 387 g/mol. The average Bonchev–Trinajstić information content (AvgIpc) is 3.26. The van der Waals surface area contributed by atoms with Crippen LogP contribution in [0.15, 0.2) is 66.7 Å². The number of likely N-dealkylation sites (tertiary alicyclic amines) is 1. The molecule has 29 heavy (non-hydrogen) atoms. The van der Waals surface area contributed by atoms with Gasteiger partial charge < -0.3 is 9.84 Å². The Kier molecular flexibility index (Phi) is 4.72. The molecule has 1 heterocycles. The highest BCUT2D eigenvalue weighted by molar-refractivity contribution is 5.97. The number of benzene rings is 3. The van der Waals surface area contributed by atoms with Crippen LogP contribution in [0.1, 0.15) is 23.2 Å². The minimum atomic E-state index is 0.119. The van der Waals surface area contributed by atoms with Crippen LogP contribution in [-0.4, -0.2) is 41.5 Å². The maximum atomic E-state index is 12.5. The minimum absolute atomic E-state index is 0.119. The fourth-order valence-corrected chi connectivity index (χ4v) is 4.99. The van der Waals surface area contributed by atoms with Crippen molar-refractivity contribution in [3.63, 3.8) is 0 Å². The number of carbonyl (C=O) groups excluding carboxylic acids is 1. The number of ketones is 1. The van der Waals surface area contributed by atoms with Gasteiger partial charge in [-0.15, -0.1) is 0 Å². The molecule has 0 bridgehead atoms. The van der Waals surface area contributed by atoms with Crippen molar-refractivity contribution in [2.45, 2.75) is 18.9 Å². The molecule has 1 aliphatic carbocycles. The van der Waals surface area contributed by atoms with E-state index in [0.29, 0.717) is 23.9 Å². The van der Waals surface area contributed by atoms with E-state index in [0.717, 1.165) is 31.7 Å². The van der Waals surface area contributed by atoms with E-state index in [-0.39, 0.29) is 17.6 Å². The van der Waals surface area contributed by atoms with Crippen molar-refractivity contribution in [2.75, 3.05) is 19.6 Å². The van der Waals surface area contributed by atoms with E-state index >= 15 is 0 Å². The van der Waals surface area contributed by atoms with Crippen molar-refractivity contribution >= 4 is 16.6 Å². The van der Waals surface area contributed by atoms with Gasteiger partial charge in [0.05, 0.1) is 12.6 Å². The second-order valence-corrected chi connectivity index (χ2v) is 8.37. The van der Waals surface area contributed by atoms with Gasteiger partial charge >= 0.3 is 0 Å². The van der Waals surface area contributed by atoms with E-state index in [2.05, 4.69) is 47.4 Å². The lowest BCUT2D eigenvalue weighted by Gasteiger charge is -2.20. The summed E-state index contributed by atoms with van der Waals surface area (Å²) in [5.41, 5.74) is 0.664. The largest absolute Gasteiger partial charge is 0.508 e. The molecule has 148 valence electrons. The lowest BCUT2D eigenvalue weighted by Crippen LogP contribution is -2.30. The van der Waals surface area contributed by atoms with Crippen molar-refractivity contribution in [3.8, 4) is 11.5 Å². The lowest BCUT2D eigenvalue weighted by molar-refractivity contribution is 0.0937. The Labute approximate surface area is 170 Å². The summed E-state index contributed by atoms with van der Waals surface area (Å²) in [6.45, 7) is 2.38. The van der Waals surface area contributed by atoms with Crippen LogP contribution in [0, 0.1) is 11.8 Å². The molecule has 1 saturated carbocycles. The van der Waals surface area contributed by atoms with E-state index in [4.69, 9.17) is 4.74 Å². The monoisotopic (exact) mass is 387 g/mol. The number of nitrogens with zero attached hydrogens (tertiary/aromatic N) is 1. The van der Waals surface area contributed by atoms with E-state index in [1.54, 1.807) is 24.3 Å². The van der Waals surface area contributed by atoms with Crippen molar-refractivity contribution in [3.05, 3.63) is 72.3 Å². The number of rotatable bonds is 5. The Morgan fingerprint density at radius 2 is 1.62 bits per heavy atom. The second kappa shape index (κ2) is 7.53. The number of phenols is 1. The molecule has 1 unspecified atom stereocenters. The Bertz CT molecular complexity index is 1010. The van der Waals surface area contributed by atoms with Gasteiger partial charge in [-0.1, -0.05) is 36.4 Å². The number of fused-ring (bicyclic) bond motifs is 2. The summed E-state index contributed by atoms with van der Waals surface area (Å²) in [4.78, 5) is 14.8. The minimum Gasteiger partial charge on any atom is -0.508 e. The van der Waals surface area contributed by atoms with E-state index in [9.17, 15) is 9.90 Å². The quantitative estimate of drug-likeness (QED) is 0.654. The van der Waals surface area contributed by atoms with Gasteiger partial charge in [0.15, 0.2) is 5.78 Å². The summed E-state index contributed by atoms with van der Waals surface area (Å²) in [7, 11) is 0. The maximum Gasteiger partial charge on any atom is 0.176 e. The van der Waals surface area contributed by atoms with Crippen molar-refractivity contribution in [2.24, 2.45) is 11.8 Å². The third-order valence-electron chi connectivity index (χ3n) is 6.38. The summed E-state index contributed by atoms with van der Waals surface area (Å²) in [5.74, 6) is 2.49. The molecule has 1 aliphatic heterocycles. The number of hydrogen-bond acceptors (Lipinski definition) is 4. The molecule has 2 fully saturated rings. The molecule has 3 aromatic rings. The Morgan fingerprint density at radius 3 is 2.38 bits per heavy atom. The molecular formula is C25H25NO3. The zero-order valence-corrected chi connectivity index (χ0v) is 16.3. The van der Waals surface area contributed by atoms with Crippen molar-refractivity contribution in [1.29, 1.82) is 0 Å². The number of phenolic OH excluding ortho intramolecular Hbond substituents is 1. The summed E-state index contributed by atoms with van der Waals surface area (Å²) >= 11 is 0. The molecule has 0 aromatic heterocycles. The standard InChI is InChI=1S/C25H25NO3/c27-21-10-8-18(9-11-21)24(28)16-26-14-19-12-22(13-20(19)15-26)29-25-7-3-5-17-4-1-2-6-23(17)25/h1-11,19-20,22,27H,12-16H2/t19-,20+,22?. The van der Waals surface area contributed by atoms with E-state index in [1.807, 2.05) is 0 Å². The molecule has 4 heteroatoms. The lowest BCUT2D eigenvalue weighted by atomic mass is 10.0. The fraction of sp³-hybridized carbons (Fsp3) is 0.320. The topological polar surface area (TPSA) is 49.8 Å². The molecule has 1 N–H and O–H groups in total. The SMILES string of the molecule is O=C(CN1C[C@H]2CC(Oc3cccc4ccccc34)C[C@H]2C1)c1ccc(O)cc1. The van der Waals surface area contributed by atoms with E-state index in [1.165, 1.54) is 10.8 Å². The van der Waals surface area contributed by atoms with Crippen molar-refractivity contribution < 1.29 is 14.6 Å². The van der Waals surface area contributed by atoms with Crippen LogP contribution < -0.4 is 4.74 Å². The molecule has 1 saturated heterocycles. The first-order valence-corrected chi connectivity index (χ1v) is 10.3. The fourth-order valence-electron chi connectivity index (χ4n) is 4.99. The van der Waals surface area contributed by atoms with Crippen LogP contribution >= 0.6 is 0 Å². The highest BCUT2D eigenvalue weighted by Gasteiger charge is 2.42. The predicted molar refractivity (Wildman–Crippen MR) is 113 cm³/mol. The molecule has 2 aliphatic rings. The highest BCUT2D eigenvalue weighted by Crippen LogP contribution is 2.40. The first-order valence-electron chi connectivity index (χ1n) is 10.3. The van der Waals surface area contributed by atoms with Gasteiger partial charge in [0.1, 0.15) is 11.5 Å². The maximum absolute atomic E-state index is 12.5. The summed E-state index contributed by atoms with van der Waals surface area (Å²) < 4.78 is 6.41. The molecule has 0 amide bonds. The van der Waals surface area contributed by atoms with Gasteiger partial charge in [0.2, 0.25) is 0 Å². The smallest absolute Gasteiger partial charge is 0.176 e. The van der Waals surface area contributed by atoms with Crippen molar-refractivity contribution in [1.82, 2.24) is 4.90 Å². The second-order valence-electron chi connectivity index (χ2n) is 8.37. The first kappa shape index (κ1) is 18.2. The zero-order chi connectivity index (χ0) is 19.8. The van der Waals surface area contributed by atoms with Gasteiger partial charge in [-0.25, -0.2) is 0 Å². The van der Waals surface area contributed by atoms with Crippen LogP contribution in [0.2, 0.25) is 0 Å². The zero-order valence-electron chi connectivity index (χ0n) is 16.3. The number of Topliss-reactive ketones (excluding diaryl/α,β-unsaturated/α-hetero) is 1. The molecule has 0 spiro atoms. The predicted octanol–water partition coefficient (Wildman–Crippen LogP) is 4.52. The summed E-state index contributed by atoms with van der Waals surface area (Å²) in [5, 5.41) is 11.8. The molecule has 3 atom stereocenters. The van der Waals surface area contributed by atoms with Gasteiger partial charge in [-0.2, -0.15) is 0 Å². The number of carbonyl (C=O) groups is 1. The molecule has 0 radical (unpaired) electrons. The number of aromatic hydroxyl groups is 1. The third kappa shape index (κ3) is 3.73. The Morgan fingerprint density at radius 1 is 0.931 bits per heavy atom. The highest BCUT2D eigenvalue weighted by atomic mass is 16.5. The molecule has 5 rings (SSSR count). The Hall–Kier alpha value is -2.85.